The molecule has 0 aliphatic carbocycles. The lowest BCUT2D eigenvalue weighted by molar-refractivity contribution is -0.384. The number of fused-ring (bicyclic) bond motifs is 1. The van der Waals surface area contributed by atoms with Crippen LogP contribution in [0.25, 0.3) is 33.3 Å². The number of nitrogens with one attached hydrogen (secondary N) is 1. The van der Waals surface area contributed by atoms with E-state index in [9.17, 15) is 14.9 Å². The summed E-state index contributed by atoms with van der Waals surface area (Å²) in [4.78, 5) is 28.4. The number of hydrogen-bond donors (Lipinski definition) is 1. The van der Waals surface area contributed by atoms with Crippen molar-refractivity contribution in [2.45, 2.75) is 0 Å². The van der Waals surface area contributed by atoms with Crippen molar-refractivity contribution in [1.29, 1.82) is 0 Å². The van der Waals surface area contributed by atoms with Gasteiger partial charge in [-0.2, -0.15) is 5.10 Å². The van der Waals surface area contributed by atoms with Gasteiger partial charge in [-0.3, -0.25) is 14.9 Å². The van der Waals surface area contributed by atoms with E-state index in [0.29, 0.717) is 27.7 Å². The predicted molar refractivity (Wildman–Crippen MR) is 146 cm³/mol. The van der Waals surface area contributed by atoms with Crippen molar-refractivity contribution in [3.05, 3.63) is 129 Å². The molecule has 4 aromatic carbocycles. The number of hydrazone groups is 1. The van der Waals surface area contributed by atoms with Gasteiger partial charge in [0.25, 0.3) is 11.6 Å². The summed E-state index contributed by atoms with van der Waals surface area (Å²) in [5.41, 5.74) is 7.51. The van der Waals surface area contributed by atoms with E-state index in [0.717, 1.165) is 16.7 Å². The molecule has 0 bridgehead atoms. The second-order valence-electron chi connectivity index (χ2n) is 8.18. The smallest absolute Gasteiger partial charge is 0.267 e. The fourth-order valence-corrected chi connectivity index (χ4v) is 4.14. The van der Waals surface area contributed by atoms with Crippen LogP contribution in [0.5, 0.6) is 0 Å². The van der Waals surface area contributed by atoms with Gasteiger partial charge in [0, 0.05) is 22.6 Å². The zero-order chi connectivity index (χ0) is 25.8. The Morgan fingerprint density at radius 3 is 2.30 bits per heavy atom. The number of rotatable bonds is 6. The number of nitro groups is 1. The summed E-state index contributed by atoms with van der Waals surface area (Å²) in [6, 6.07) is 31.5. The maximum absolute atomic E-state index is 13.1. The average Bonchev–Trinajstić information content (AvgIpc) is 2.93. The molecule has 5 rings (SSSR count). The maximum Gasteiger partial charge on any atom is 0.288 e. The van der Waals surface area contributed by atoms with Crippen LogP contribution in [0.15, 0.2) is 108 Å². The summed E-state index contributed by atoms with van der Waals surface area (Å²) in [6.07, 6.45) is 1.33. The van der Waals surface area contributed by atoms with Gasteiger partial charge >= 0.3 is 0 Å². The Bertz CT molecular complexity index is 1650. The van der Waals surface area contributed by atoms with E-state index in [1.807, 2.05) is 66.7 Å². The Labute approximate surface area is 217 Å². The zero-order valence-electron chi connectivity index (χ0n) is 19.3. The van der Waals surface area contributed by atoms with Gasteiger partial charge in [0.1, 0.15) is 5.02 Å². The van der Waals surface area contributed by atoms with Gasteiger partial charge in [-0.05, 0) is 29.3 Å². The maximum atomic E-state index is 13.1. The molecule has 0 saturated heterocycles. The molecule has 8 heteroatoms. The van der Waals surface area contributed by atoms with E-state index in [1.165, 1.54) is 18.3 Å². The topological polar surface area (TPSA) is 97.5 Å². The van der Waals surface area contributed by atoms with E-state index in [4.69, 9.17) is 16.6 Å². The lowest BCUT2D eigenvalue weighted by Gasteiger charge is -2.10. The zero-order valence-corrected chi connectivity index (χ0v) is 20.1. The van der Waals surface area contributed by atoms with Crippen molar-refractivity contribution in [3.63, 3.8) is 0 Å². The van der Waals surface area contributed by atoms with Crippen LogP contribution in [-0.4, -0.2) is 22.0 Å². The summed E-state index contributed by atoms with van der Waals surface area (Å²) in [6.45, 7) is 0. The highest BCUT2D eigenvalue weighted by Crippen LogP contribution is 2.28. The van der Waals surface area contributed by atoms with Crippen molar-refractivity contribution < 1.29 is 9.72 Å². The first kappa shape index (κ1) is 23.8. The minimum atomic E-state index is -0.574. The van der Waals surface area contributed by atoms with Crippen LogP contribution >= 0.6 is 11.6 Å². The first-order valence-corrected chi connectivity index (χ1v) is 11.7. The van der Waals surface area contributed by atoms with Gasteiger partial charge in [-0.25, -0.2) is 10.4 Å². The van der Waals surface area contributed by atoms with E-state index in [1.54, 1.807) is 12.1 Å². The Morgan fingerprint density at radius 1 is 0.865 bits per heavy atom. The van der Waals surface area contributed by atoms with Crippen molar-refractivity contribution in [1.82, 2.24) is 10.4 Å². The normalized spacial score (nSPS) is 11.1. The quantitative estimate of drug-likeness (QED) is 0.154. The van der Waals surface area contributed by atoms with Crippen LogP contribution in [0.2, 0.25) is 5.02 Å². The third kappa shape index (κ3) is 5.22. The molecule has 1 heterocycles. The predicted octanol–water partition coefficient (Wildman–Crippen LogP) is 6.89. The molecule has 0 aliphatic rings. The third-order valence-electron chi connectivity index (χ3n) is 5.80. The van der Waals surface area contributed by atoms with Crippen LogP contribution < -0.4 is 5.43 Å². The first-order valence-electron chi connectivity index (χ1n) is 11.3. The average molecular weight is 507 g/mol. The molecular weight excluding hydrogens is 488 g/mol. The number of carbonyl (C=O) groups is 1. The number of aromatic nitrogens is 1. The lowest BCUT2D eigenvalue weighted by atomic mass is 10.0. The largest absolute Gasteiger partial charge is 0.288 e. The van der Waals surface area contributed by atoms with Crippen LogP contribution in [-0.2, 0) is 0 Å². The van der Waals surface area contributed by atoms with E-state index in [2.05, 4.69) is 22.7 Å². The SMILES string of the molecule is O=C(N/N=C\c1ccc(Cl)c([N+](=O)[O-])c1)c1cc(-c2ccc(-c3ccccc3)cc2)nc2ccccc12. The monoisotopic (exact) mass is 506 g/mol. The molecule has 0 saturated carbocycles. The molecule has 7 nitrogen and oxygen atoms in total. The number of pyridine rings is 1. The molecule has 180 valence electrons. The third-order valence-corrected chi connectivity index (χ3v) is 6.11. The molecule has 0 aliphatic heterocycles. The first-order chi connectivity index (χ1) is 18.0. The Morgan fingerprint density at radius 2 is 1.54 bits per heavy atom. The van der Waals surface area contributed by atoms with Gasteiger partial charge in [-0.1, -0.05) is 90.5 Å². The van der Waals surface area contributed by atoms with Crippen molar-refractivity contribution in [3.8, 4) is 22.4 Å². The van der Waals surface area contributed by atoms with Crippen molar-refractivity contribution in [2.24, 2.45) is 5.10 Å². The molecule has 0 fully saturated rings. The molecule has 37 heavy (non-hydrogen) atoms. The molecule has 0 radical (unpaired) electrons. The second kappa shape index (κ2) is 10.4. The summed E-state index contributed by atoms with van der Waals surface area (Å²) < 4.78 is 0. The van der Waals surface area contributed by atoms with Crippen LogP contribution in [0.3, 0.4) is 0 Å². The molecule has 1 amide bonds. The van der Waals surface area contributed by atoms with Crippen molar-refractivity contribution in [2.75, 3.05) is 0 Å². The fraction of sp³-hybridized carbons (Fsp3) is 0. The highest BCUT2D eigenvalue weighted by Gasteiger charge is 2.15. The van der Waals surface area contributed by atoms with Gasteiger partial charge in [0.05, 0.1) is 27.9 Å². The molecule has 1 aromatic heterocycles. The minimum Gasteiger partial charge on any atom is -0.267 e. The number of halogens is 1. The minimum absolute atomic E-state index is 0.0266. The van der Waals surface area contributed by atoms with E-state index in [-0.39, 0.29) is 10.7 Å². The van der Waals surface area contributed by atoms with Gasteiger partial charge in [-0.15, -0.1) is 0 Å². The Hall–Kier alpha value is -4.88. The van der Waals surface area contributed by atoms with Crippen LogP contribution in [0, 0.1) is 10.1 Å². The Balaban J connectivity index is 1.43. The number of amides is 1. The molecule has 0 unspecified atom stereocenters. The van der Waals surface area contributed by atoms with E-state index < -0.39 is 10.8 Å². The van der Waals surface area contributed by atoms with Gasteiger partial charge in [0.15, 0.2) is 0 Å². The number of carbonyl (C=O) groups excluding carboxylic acids is 1. The highest BCUT2D eigenvalue weighted by atomic mass is 35.5. The number of hydrogen-bond acceptors (Lipinski definition) is 5. The van der Waals surface area contributed by atoms with Crippen LogP contribution in [0.1, 0.15) is 15.9 Å². The standard InChI is InChI=1S/C29H19ClN4O3/c30-25-15-10-19(16-28(25)34(36)37)18-31-33-29(35)24-17-27(32-26-9-5-4-8-23(24)26)22-13-11-21(12-14-22)20-6-2-1-3-7-20/h1-18H,(H,33,35)/b31-18-. The van der Waals surface area contributed by atoms with E-state index >= 15 is 0 Å². The Kier molecular flexibility index (Phi) is 6.70. The number of nitro benzene ring substituents is 1. The molecule has 0 atom stereocenters. The van der Waals surface area contributed by atoms with Crippen molar-refractivity contribution >= 4 is 40.3 Å². The summed E-state index contributed by atoms with van der Waals surface area (Å²) >= 11 is 5.85. The fourth-order valence-electron chi connectivity index (χ4n) is 3.95. The number of para-hydroxylation sites is 1. The van der Waals surface area contributed by atoms with Gasteiger partial charge < -0.3 is 0 Å². The summed E-state index contributed by atoms with van der Waals surface area (Å²) in [5, 5.41) is 15.8. The molecular formula is C29H19ClN4O3. The molecule has 5 aromatic rings. The number of benzene rings is 4. The van der Waals surface area contributed by atoms with Crippen LogP contribution in [0.4, 0.5) is 5.69 Å². The molecule has 1 N–H and O–H groups in total. The summed E-state index contributed by atoms with van der Waals surface area (Å²) in [5.74, 6) is -0.430. The molecule has 0 spiro atoms. The van der Waals surface area contributed by atoms with Gasteiger partial charge in [0.2, 0.25) is 0 Å². The second-order valence-corrected chi connectivity index (χ2v) is 8.59. The lowest BCUT2D eigenvalue weighted by Crippen LogP contribution is -2.18. The highest BCUT2D eigenvalue weighted by molar-refractivity contribution is 6.32. The summed E-state index contributed by atoms with van der Waals surface area (Å²) in [7, 11) is 0. The number of nitrogens with zero attached hydrogens (tertiary/aromatic N) is 3.